The molecule has 0 aromatic heterocycles. The Bertz CT molecular complexity index is 237. The van der Waals surface area contributed by atoms with E-state index >= 15 is 0 Å². The van der Waals surface area contributed by atoms with Crippen LogP contribution in [0.1, 0.15) is 52.9 Å². The van der Waals surface area contributed by atoms with Crippen LogP contribution >= 0.6 is 0 Å². The van der Waals surface area contributed by atoms with Crippen LogP contribution in [0.3, 0.4) is 0 Å². The highest BCUT2D eigenvalue weighted by molar-refractivity contribution is 5.76. The molecule has 17 heavy (non-hydrogen) atoms. The highest BCUT2D eigenvalue weighted by Crippen LogP contribution is 2.40. The van der Waals surface area contributed by atoms with Gasteiger partial charge in [0.15, 0.2) is 0 Å². The van der Waals surface area contributed by atoms with Crippen LogP contribution in [0.15, 0.2) is 0 Å². The van der Waals surface area contributed by atoms with Gasteiger partial charge in [-0.2, -0.15) is 0 Å². The molecular weight excluding hydrogens is 214 g/mol. The zero-order valence-electron chi connectivity index (χ0n) is 11.5. The van der Waals surface area contributed by atoms with E-state index in [1.807, 2.05) is 0 Å². The summed E-state index contributed by atoms with van der Waals surface area (Å²) in [6, 6.07) is 0. The second kappa shape index (κ2) is 6.39. The summed E-state index contributed by atoms with van der Waals surface area (Å²) in [7, 11) is 0. The van der Waals surface area contributed by atoms with Crippen LogP contribution in [0.25, 0.3) is 0 Å². The number of carbonyl (C=O) groups excluding carboxylic acids is 1. The summed E-state index contributed by atoms with van der Waals surface area (Å²) in [6.45, 7) is 7.35. The number of aliphatic hydroxyl groups excluding tert-OH is 1. The third-order valence-electron chi connectivity index (χ3n) is 3.98. The molecule has 0 aliphatic heterocycles. The highest BCUT2D eigenvalue weighted by atomic mass is 16.3. The zero-order valence-corrected chi connectivity index (χ0v) is 11.5. The number of hydrogen-bond donors (Lipinski definition) is 2. The molecule has 1 amide bonds. The molecule has 0 aromatic carbocycles. The summed E-state index contributed by atoms with van der Waals surface area (Å²) >= 11 is 0. The van der Waals surface area contributed by atoms with E-state index in [1.54, 1.807) is 0 Å². The minimum Gasteiger partial charge on any atom is -0.395 e. The molecule has 1 aliphatic rings. The number of nitrogens with one attached hydrogen (secondary N) is 1. The molecule has 0 bridgehead atoms. The first kappa shape index (κ1) is 14.5. The quantitative estimate of drug-likeness (QED) is 0.793. The van der Waals surface area contributed by atoms with Crippen LogP contribution < -0.4 is 5.32 Å². The van der Waals surface area contributed by atoms with E-state index in [4.69, 9.17) is 5.11 Å². The number of rotatable bonds is 4. The molecule has 3 heteroatoms. The monoisotopic (exact) mass is 241 g/mol. The zero-order chi connectivity index (χ0) is 12.9. The average molecular weight is 241 g/mol. The third-order valence-corrected chi connectivity index (χ3v) is 3.98. The Hall–Kier alpha value is -0.570. The lowest BCUT2D eigenvalue weighted by Gasteiger charge is -2.36. The Morgan fingerprint density at radius 1 is 1.24 bits per heavy atom. The normalized spacial score (nSPS) is 25.6. The molecular formula is C14H27NO2. The van der Waals surface area contributed by atoms with Gasteiger partial charge in [0.1, 0.15) is 0 Å². The van der Waals surface area contributed by atoms with Crippen molar-refractivity contribution >= 4 is 5.91 Å². The van der Waals surface area contributed by atoms with Crippen molar-refractivity contribution in [1.29, 1.82) is 0 Å². The van der Waals surface area contributed by atoms with E-state index in [0.717, 1.165) is 5.92 Å². The van der Waals surface area contributed by atoms with Gasteiger partial charge in [-0.1, -0.05) is 20.8 Å². The average Bonchev–Trinajstić information content (AvgIpc) is 2.26. The maximum atomic E-state index is 11.5. The van der Waals surface area contributed by atoms with E-state index in [9.17, 15) is 4.79 Å². The largest absolute Gasteiger partial charge is 0.395 e. The van der Waals surface area contributed by atoms with Gasteiger partial charge in [-0.15, -0.1) is 0 Å². The van der Waals surface area contributed by atoms with E-state index in [0.29, 0.717) is 24.3 Å². The lowest BCUT2D eigenvalue weighted by Crippen LogP contribution is -2.31. The highest BCUT2D eigenvalue weighted by Gasteiger charge is 2.30. The maximum absolute atomic E-state index is 11.5. The van der Waals surface area contributed by atoms with Crippen LogP contribution in [-0.2, 0) is 4.79 Å². The van der Waals surface area contributed by atoms with Crippen LogP contribution in [0.4, 0.5) is 0 Å². The van der Waals surface area contributed by atoms with Crippen molar-refractivity contribution in [2.24, 2.45) is 17.3 Å². The summed E-state index contributed by atoms with van der Waals surface area (Å²) in [5.74, 6) is 1.45. The lowest BCUT2D eigenvalue weighted by atomic mass is 9.69. The summed E-state index contributed by atoms with van der Waals surface area (Å²) < 4.78 is 0. The van der Waals surface area contributed by atoms with Gasteiger partial charge in [0, 0.05) is 13.0 Å². The molecule has 1 rings (SSSR count). The van der Waals surface area contributed by atoms with Crippen LogP contribution in [0.5, 0.6) is 0 Å². The topological polar surface area (TPSA) is 49.3 Å². The Morgan fingerprint density at radius 3 is 2.29 bits per heavy atom. The Kier molecular flexibility index (Phi) is 5.44. The fourth-order valence-corrected chi connectivity index (χ4v) is 2.76. The predicted molar refractivity (Wildman–Crippen MR) is 69.6 cm³/mol. The molecule has 3 nitrogen and oxygen atoms in total. The molecule has 1 saturated carbocycles. The molecule has 0 aromatic rings. The van der Waals surface area contributed by atoms with Crippen molar-refractivity contribution in [1.82, 2.24) is 5.32 Å². The first-order chi connectivity index (χ1) is 7.93. The van der Waals surface area contributed by atoms with Gasteiger partial charge < -0.3 is 10.4 Å². The maximum Gasteiger partial charge on any atom is 0.220 e. The number of aliphatic hydroxyl groups is 1. The van der Waals surface area contributed by atoms with Crippen molar-refractivity contribution < 1.29 is 9.90 Å². The van der Waals surface area contributed by atoms with Crippen LogP contribution in [0.2, 0.25) is 0 Å². The van der Waals surface area contributed by atoms with Gasteiger partial charge in [0.2, 0.25) is 5.91 Å². The van der Waals surface area contributed by atoms with Crippen molar-refractivity contribution in [3.63, 3.8) is 0 Å². The fraction of sp³-hybridized carbons (Fsp3) is 0.929. The molecule has 2 N–H and O–H groups in total. The smallest absolute Gasteiger partial charge is 0.220 e. The van der Waals surface area contributed by atoms with Gasteiger partial charge in [0.05, 0.1) is 6.61 Å². The molecule has 100 valence electrons. The van der Waals surface area contributed by atoms with Crippen molar-refractivity contribution in [2.75, 3.05) is 13.2 Å². The SMILES string of the molecule is CC(C)(C)C1CCC(CC(=O)NCCO)CC1. The van der Waals surface area contributed by atoms with Crippen LogP contribution in [-0.4, -0.2) is 24.2 Å². The summed E-state index contributed by atoms with van der Waals surface area (Å²) in [4.78, 5) is 11.5. The summed E-state index contributed by atoms with van der Waals surface area (Å²) in [5, 5.41) is 11.4. The molecule has 0 heterocycles. The van der Waals surface area contributed by atoms with Crippen molar-refractivity contribution in [2.45, 2.75) is 52.9 Å². The lowest BCUT2D eigenvalue weighted by molar-refractivity contribution is -0.122. The molecule has 0 spiro atoms. The second-order valence-electron chi connectivity index (χ2n) is 6.36. The first-order valence-corrected chi connectivity index (χ1v) is 6.81. The predicted octanol–water partition coefficient (Wildman–Crippen LogP) is 2.34. The van der Waals surface area contributed by atoms with E-state index in [1.165, 1.54) is 25.7 Å². The Labute approximate surface area is 105 Å². The minimum absolute atomic E-state index is 0.0303. The minimum atomic E-state index is 0.0303. The fourth-order valence-electron chi connectivity index (χ4n) is 2.76. The van der Waals surface area contributed by atoms with E-state index in [2.05, 4.69) is 26.1 Å². The molecule has 0 radical (unpaired) electrons. The first-order valence-electron chi connectivity index (χ1n) is 6.81. The molecule has 1 aliphatic carbocycles. The standard InChI is InChI=1S/C14H27NO2/c1-14(2,3)12-6-4-11(5-7-12)10-13(17)15-8-9-16/h11-12,16H,4-10H2,1-3H3,(H,15,17). The van der Waals surface area contributed by atoms with Crippen molar-refractivity contribution in [3.8, 4) is 0 Å². The third kappa shape index (κ3) is 5.07. The van der Waals surface area contributed by atoms with E-state index < -0.39 is 0 Å². The van der Waals surface area contributed by atoms with Crippen molar-refractivity contribution in [3.05, 3.63) is 0 Å². The van der Waals surface area contributed by atoms with Gasteiger partial charge in [0.25, 0.3) is 0 Å². The number of carbonyl (C=O) groups is 1. The molecule has 1 fully saturated rings. The number of amides is 1. The van der Waals surface area contributed by atoms with Gasteiger partial charge >= 0.3 is 0 Å². The Balaban J connectivity index is 2.25. The van der Waals surface area contributed by atoms with Crippen LogP contribution in [0, 0.1) is 17.3 Å². The molecule has 0 unspecified atom stereocenters. The van der Waals surface area contributed by atoms with Gasteiger partial charge in [-0.05, 0) is 42.9 Å². The molecule has 0 saturated heterocycles. The number of hydrogen-bond acceptors (Lipinski definition) is 2. The Morgan fingerprint density at radius 2 is 1.82 bits per heavy atom. The summed E-state index contributed by atoms with van der Waals surface area (Å²) in [6.07, 6.45) is 5.49. The van der Waals surface area contributed by atoms with Gasteiger partial charge in [-0.3, -0.25) is 4.79 Å². The second-order valence-corrected chi connectivity index (χ2v) is 6.36. The summed E-state index contributed by atoms with van der Waals surface area (Å²) in [5.41, 5.74) is 0.407. The molecule has 0 atom stereocenters. The van der Waals surface area contributed by atoms with E-state index in [-0.39, 0.29) is 12.5 Å². The van der Waals surface area contributed by atoms with Gasteiger partial charge in [-0.25, -0.2) is 0 Å².